The van der Waals surface area contributed by atoms with E-state index in [-0.39, 0.29) is 5.41 Å². The van der Waals surface area contributed by atoms with E-state index in [0.29, 0.717) is 6.42 Å². The van der Waals surface area contributed by atoms with Crippen molar-refractivity contribution in [2.24, 2.45) is 0 Å². The average molecular weight is 466 g/mol. The maximum Gasteiger partial charge on any atom is 0.352 e. The van der Waals surface area contributed by atoms with E-state index in [1.54, 1.807) is 0 Å². The molecule has 0 aliphatic heterocycles. The van der Waals surface area contributed by atoms with E-state index >= 15 is 0 Å². The lowest BCUT2D eigenvalue weighted by Gasteiger charge is -2.29. The highest BCUT2D eigenvalue weighted by Crippen LogP contribution is 2.34. The van der Waals surface area contributed by atoms with Gasteiger partial charge in [0.15, 0.2) is 0 Å². The van der Waals surface area contributed by atoms with Crippen LogP contribution >= 0.6 is 0 Å². The van der Waals surface area contributed by atoms with Gasteiger partial charge in [-0.1, -0.05) is 125 Å². The minimum absolute atomic E-state index is 0.107. The summed E-state index contributed by atoms with van der Waals surface area (Å²) in [5, 5.41) is 14.0. The first kappa shape index (κ1) is 24.0. The van der Waals surface area contributed by atoms with Gasteiger partial charge in [0.1, 0.15) is 11.4 Å². The first-order chi connectivity index (χ1) is 16.3. The lowest BCUT2D eigenvalue weighted by Crippen LogP contribution is -2.47. The maximum atomic E-state index is 11.6. The van der Waals surface area contributed by atoms with E-state index in [0.717, 1.165) is 16.9 Å². The molecule has 1 atom stereocenters. The Balaban J connectivity index is 1.70. The number of benzene rings is 4. The zero-order chi connectivity index (χ0) is 24.2. The van der Waals surface area contributed by atoms with Gasteiger partial charge in [-0.05, 0) is 51.0 Å². The lowest BCUT2D eigenvalue weighted by molar-refractivity contribution is 0.0764. The van der Waals surface area contributed by atoms with Gasteiger partial charge >= 0.3 is 9.04 Å². The second kappa shape index (κ2) is 10.0. The first-order valence-corrected chi connectivity index (χ1v) is 13.3. The molecule has 2 nitrogen and oxygen atoms in total. The van der Waals surface area contributed by atoms with Gasteiger partial charge in [-0.25, -0.2) is 0 Å². The second-order valence-corrected chi connectivity index (χ2v) is 11.7. The van der Waals surface area contributed by atoms with Crippen LogP contribution in [0.2, 0.25) is 0 Å². The minimum Gasteiger partial charge on any atom is -0.533 e. The molecular weight excluding hydrogens is 432 g/mol. The molecule has 0 saturated heterocycles. The quantitative estimate of drug-likeness (QED) is 0.349. The van der Waals surface area contributed by atoms with E-state index in [2.05, 4.69) is 69.3 Å². The van der Waals surface area contributed by atoms with Crippen LogP contribution in [-0.2, 0) is 11.0 Å². The summed E-state index contributed by atoms with van der Waals surface area (Å²) in [5.74, 6) is 0.776. The molecule has 0 aromatic heterocycles. The highest BCUT2D eigenvalue weighted by Gasteiger charge is 2.30. The summed E-state index contributed by atoms with van der Waals surface area (Å²) >= 11 is 0. The third-order valence-corrected chi connectivity index (χ3v) is 8.50. The molecule has 0 amide bonds. The molecule has 4 rings (SSSR count). The van der Waals surface area contributed by atoms with Crippen molar-refractivity contribution in [3.63, 3.8) is 0 Å². The molecule has 1 unspecified atom stereocenters. The predicted octanol–water partition coefficient (Wildman–Crippen LogP) is 5.81. The Hall–Kier alpha value is -3.14. The summed E-state index contributed by atoms with van der Waals surface area (Å²) in [6.45, 7) is 8.70. The van der Waals surface area contributed by atoms with E-state index in [1.807, 2.05) is 67.6 Å². The van der Waals surface area contributed by atoms with Crippen molar-refractivity contribution in [2.75, 3.05) is 0 Å². The van der Waals surface area contributed by atoms with E-state index < -0.39 is 14.6 Å². The first-order valence-electron chi connectivity index (χ1n) is 11.9. The highest BCUT2D eigenvalue weighted by atomic mass is 28.3. The third kappa shape index (κ3) is 5.16. The largest absolute Gasteiger partial charge is 0.533 e. The Morgan fingerprint density at radius 2 is 1.21 bits per heavy atom. The van der Waals surface area contributed by atoms with Gasteiger partial charge in [0.2, 0.25) is 0 Å². The molecule has 0 spiro atoms. The van der Waals surface area contributed by atoms with Gasteiger partial charge in [-0.2, -0.15) is 0 Å². The molecule has 0 fully saturated rings. The van der Waals surface area contributed by atoms with Gasteiger partial charge in [0.25, 0.3) is 0 Å². The van der Waals surface area contributed by atoms with E-state index in [1.165, 1.54) is 15.9 Å². The third-order valence-electron chi connectivity index (χ3n) is 6.34. The molecule has 3 heteroatoms. The summed E-state index contributed by atoms with van der Waals surface area (Å²) in [6, 6.07) is 37.1. The number of aliphatic hydroxyl groups is 1. The Morgan fingerprint density at radius 1 is 0.647 bits per heavy atom. The molecule has 34 heavy (non-hydrogen) atoms. The summed E-state index contributed by atoms with van der Waals surface area (Å²) in [4.78, 5) is 0. The summed E-state index contributed by atoms with van der Waals surface area (Å²) in [6.07, 6.45) is 0.575. The molecule has 4 aromatic carbocycles. The summed E-state index contributed by atoms with van der Waals surface area (Å²) in [5.41, 5.74) is 2.09. The Labute approximate surface area is 205 Å². The highest BCUT2D eigenvalue weighted by molar-refractivity contribution is 6.80. The van der Waals surface area contributed by atoms with Crippen molar-refractivity contribution < 1.29 is 9.53 Å². The SMILES string of the molecule is CCC(O)(c1ccccc1)c1cccc(O[Si](c2ccccc2)c2ccc(C(C)(C)C)cc2)c1. The molecule has 1 radical (unpaired) electrons. The van der Waals surface area contributed by atoms with Gasteiger partial charge < -0.3 is 9.53 Å². The van der Waals surface area contributed by atoms with Crippen LogP contribution in [0.4, 0.5) is 0 Å². The fourth-order valence-electron chi connectivity index (χ4n) is 4.22. The van der Waals surface area contributed by atoms with Crippen molar-refractivity contribution in [1.82, 2.24) is 0 Å². The molecule has 173 valence electrons. The molecule has 0 saturated carbocycles. The topological polar surface area (TPSA) is 29.5 Å². The van der Waals surface area contributed by atoms with Crippen LogP contribution in [0.3, 0.4) is 0 Å². The minimum atomic E-state index is -1.53. The van der Waals surface area contributed by atoms with Gasteiger partial charge in [-0.3, -0.25) is 0 Å². The molecule has 4 aromatic rings. The number of hydrogen-bond donors (Lipinski definition) is 1. The molecule has 0 aliphatic carbocycles. The fourth-order valence-corrected chi connectivity index (χ4v) is 6.12. The predicted molar refractivity (Wildman–Crippen MR) is 143 cm³/mol. The van der Waals surface area contributed by atoms with Crippen molar-refractivity contribution in [3.8, 4) is 5.75 Å². The van der Waals surface area contributed by atoms with Crippen molar-refractivity contribution in [3.05, 3.63) is 126 Å². The van der Waals surface area contributed by atoms with Crippen molar-refractivity contribution in [1.29, 1.82) is 0 Å². The van der Waals surface area contributed by atoms with Crippen LogP contribution in [0, 0.1) is 0 Å². The summed E-state index contributed by atoms with van der Waals surface area (Å²) < 4.78 is 6.72. The zero-order valence-electron chi connectivity index (χ0n) is 20.5. The molecular formula is C31H33O2Si. The van der Waals surface area contributed by atoms with Crippen LogP contribution in [0.1, 0.15) is 50.8 Å². The van der Waals surface area contributed by atoms with E-state index in [4.69, 9.17) is 4.43 Å². The van der Waals surface area contributed by atoms with E-state index in [9.17, 15) is 5.11 Å². The monoisotopic (exact) mass is 465 g/mol. The van der Waals surface area contributed by atoms with Crippen molar-refractivity contribution >= 4 is 19.4 Å². The number of rotatable bonds is 7. The zero-order valence-corrected chi connectivity index (χ0v) is 21.5. The normalized spacial score (nSPS) is 13.5. The van der Waals surface area contributed by atoms with Crippen LogP contribution in [0.25, 0.3) is 0 Å². The fraction of sp³-hybridized carbons (Fsp3) is 0.226. The van der Waals surface area contributed by atoms with Gasteiger partial charge in [0.05, 0.1) is 0 Å². The van der Waals surface area contributed by atoms with Gasteiger partial charge in [-0.15, -0.1) is 0 Å². The second-order valence-electron chi connectivity index (χ2n) is 9.73. The summed E-state index contributed by atoms with van der Waals surface area (Å²) in [7, 11) is -1.53. The Kier molecular flexibility index (Phi) is 7.06. The molecule has 0 heterocycles. The van der Waals surface area contributed by atoms with Crippen molar-refractivity contribution in [2.45, 2.75) is 45.1 Å². The number of hydrogen-bond acceptors (Lipinski definition) is 2. The van der Waals surface area contributed by atoms with Crippen LogP contribution in [0.5, 0.6) is 5.75 Å². The lowest BCUT2D eigenvalue weighted by atomic mass is 9.84. The standard InChI is InChI=1S/C31H33O2Si/c1-5-31(32,25-13-8-6-9-14-25)26-15-12-16-27(23-26)33-34(28-17-10-7-11-18-28)29-21-19-24(20-22-29)30(2,3)4/h6-23,32H,5H2,1-4H3. The average Bonchev–Trinajstić information content (AvgIpc) is 2.87. The molecule has 0 bridgehead atoms. The Morgan fingerprint density at radius 3 is 1.79 bits per heavy atom. The smallest absolute Gasteiger partial charge is 0.352 e. The van der Waals surface area contributed by atoms with Crippen LogP contribution in [-0.4, -0.2) is 14.1 Å². The molecule has 1 N–H and O–H groups in total. The van der Waals surface area contributed by atoms with Crippen LogP contribution < -0.4 is 14.8 Å². The van der Waals surface area contributed by atoms with Gasteiger partial charge in [0, 0.05) is 0 Å². The molecule has 0 aliphatic rings. The Bertz CT molecular complexity index is 1200. The van der Waals surface area contributed by atoms with Crippen LogP contribution in [0.15, 0.2) is 109 Å². The maximum absolute atomic E-state index is 11.6.